The van der Waals surface area contributed by atoms with E-state index in [1.807, 2.05) is 24.4 Å². The number of aryl methyl sites for hydroxylation is 1. The van der Waals surface area contributed by atoms with Crippen LogP contribution in [0.25, 0.3) is 10.9 Å². The molecule has 2 aromatic heterocycles. The van der Waals surface area contributed by atoms with Gasteiger partial charge >= 0.3 is 0 Å². The molecule has 10 heteroatoms. The van der Waals surface area contributed by atoms with Gasteiger partial charge in [0, 0.05) is 75.5 Å². The van der Waals surface area contributed by atoms with Gasteiger partial charge in [-0.1, -0.05) is 6.07 Å². The number of morpholine rings is 1. The molecule has 3 aromatic rings. The van der Waals surface area contributed by atoms with Crippen LogP contribution in [0.15, 0.2) is 36.5 Å². The van der Waals surface area contributed by atoms with Crippen LogP contribution in [0.2, 0.25) is 0 Å². The number of hydrogen-bond acceptors (Lipinski definition) is 9. The number of pyridine rings is 2. The molecule has 5 heterocycles. The normalized spacial score (nSPS) is 23.2. The summed E-state index contributed by atoms with van der Waals surface area (Å²) in [5, 5.41) is 10.5. The van der Waals surface area contributed by atoms with Crippen LogP contribution < -0.4 is 26.0 Å². The van der Waals surface area contributed by atoms with Crippen LogP contribution in [-0.2, 0) is 4.74 Å². The highest BCUT2D eigenvalue weighted by Crippen LogP contribution is 2.31. The molecule has 3 saturated heterocycles. The minimum Gasteiger partial charge on any atom is -0.370 e. The Labute approximate surface area is 237 Å². The molecule has 0 bridgehead atoms. The third kappa shape index (κ3) is 5.34. The maximum absolute atomic E-state index is 9.58. The second-order valence-electron chi connectivity index (χ2n) is 12.0. The van der Waals surface area contributed by atoms with E-state index in [0.29, 0.717) is 16.7 Å². The molecule has 3 fully saturated rings. The molecule has 6 rings (SSSR count). The van der Waals surface area contributed by atoms with Gasteiger partial charge in [-0.25, -0.2) is 4.98 Å². The Bertz CT molecular complexity index is 1440. The van der Waals surface area contributed by atoms with Crippen LogP contribution >= 0.6 is 0 Å². The van der Waals surface area contributed by atoms with Crippen LogP contribution in [0.4, 0.5) is 17.2 Å². The highest BCUT2D eigenvalue weighted by Gasteiger charge is 2.36. The topological polar surface area (TPSA) is 97.8 Å². The number of benzene rings is 1. The van der Waals surface area contributed by atoms with Gasteiger partial charge in [-0.05, 0) is 56.2 Å². The number of rotatable bonds is 5. The molecule has 2 atom stereocenters. The predicted molar refractivity (Wildman–Crippen MR) is 161 cm³/mol. The maximum atomic E-state index is 9.58. The molecule has 206 valence electrons. The van der Waals surface area contributed by atoms with Crippen molar-refractivity contribution in [3.05, 3.63) is 47.7 Å². The lowest BCUT2D eigenvalue weighted by atomic mass is 9.94. The average Bonchev–Trinajstić information content (AvgIpc) is 2.91. The zero-order chi connectivity index (χ0) is 28.0. The first-order chi connectivity index (χ1) is 19.2. The number of fused-ring (bicyclic) bond motifs is 1. The smallest absolute Gasteiger partial charge is 0.141 e. The molecular formula is C30H37BN8O. The van der Waals surface area contributed by atoms with Gasteiger partial charge < -0.3 is 25.2 Å². The molecule has 0 spiro atoms. The van der Waals surface area contributed by atoms with Crippen molar-refractivity contribution in [2.75, 3.05) is 73.6 Å². The Kier molecular flexibility index (Phi) is 7.07. The lowest BCUT2D eigenvalue weighted by Crippen LogP contribution is -2.65. The zero-order valence-corrected chi connectivity index (χ0v) is 23.7. The van der Waals surface area contributed by atoms with Gasteiger partial charge in [0.1, 0.15) is 19.7 Å². The van der Waals surface area contributed by atoms with Gasteiger partial charge in [-0.15, -0.1) is 0 Å². The molecule has 2 radical (unpaired) electrons. The third-order valence-corrected chi connectivity index (χ3v) is 8.31. The quantitative estimate of drug-likeness (QED) is 0.488. The molecule has 1 aromatic carbocycles. The highest BCUT2D eigenvalue weighted by molar-refractivity contribution is 6.31. The Morgan fingerprint density at radius 3 is 2.55 bits per heavy atom. The van der Waals surface area contributed by atoms with Crippen molar-refractivity contribution in [1.29, 1.82) is 5.26 Å². The van der Waals surface area contributed by atoms with E-state index in [9.17, 15) is 5.26 Å². The standard InChI is InChI=1S/C30H37BN8O/c1-20-12-28(39-18-30(3,33)19-39)34-14-26(20)37-10-8-36(9-11-37)16-23-17-38(15-21(2)40-23)25-6-4-22(13-32)29-24(25)5-7-27(31)35-29/h4-7,12,14,21,23H,8-11,15-19,33H2,1-3H3/t21-,23+/m1/s1. The Balaban J connectivity index is 1.09. The van der Waals surface area contributed by atoms with Crippen molar-refractivity contribution in [2.45, 2.75) is 38.5 Å². The van der Waals surface area contributed by atoms with Gasteiger partial charge in [0.05, 0.1) is 35.2 Å². The first-order valence-electron chi connectivity index (χ1n) is 14.2. The molecule has 0 saturated carbocycles. The van der Waals surface area contributed by atoms with E-state index in [1.54, 1.807) is 6.07 Å². The van der Waals surface area contributed by atoms with Crippen molar-refractivity contribution < 1.29 is 4.74 Å². The second kappa shape index (κ2) is 10.5. The molecule has 40 heavy (non-hydrogen) atoms. The summed E-state index contributed by atoms with van der Waals surface area (Å²) >= 11 is 0. The van der Waals surface area contributed by atoms with Gasteiger partial charge in [-0.2, -0.15) is 5.26 Å². The average molecular weight is 536 g/mol. The van der Waals surface area contributed by atoms with Crippen molar-refractivity contribution >= 4 is 41.5 Å². The maximum Gasteiger partial charge on any atom is 0.141 e. The summed E-state index contributed by atoms with van der Waals surface area (Å²) in [6.45, 7) is 14.5. The Morgan fingerprint density at radius 1 is 1.07 bits per heavy atom. The summed E-state index contributed by atoms with van der Waals surface area (Å²) in [6, 6.07) is 12.1. The van der Waals surface area contributed by atoms with E-state index < -0.39 is 0 Å². The van der Waals surface area contributed by atoms with E-state index in [2.05, 4.69) is 57.5 Å². The summed E-state index contributed by atoms with van der Waals surface area (Å²) in [5.74, 6) is 1.02. The molecule has 3 aliphatic heterocycles. The van der Waals surface area contributed by atoms with Crippen LogP contribution in [0.5, 0.6) is 0 Å². The van der Waals surface area contributed by atoms with Gasteiger partial charge in [0.25, 0.3) is 0 Å². The van der Waals surface area contributed by atoms with Crippen molar-refractivity contribution in [3.63, 3.8) is 0 Å². The minimum atomic E-state index is -0.108. The van der Waals surface area contributed by atoms with E-state index in [4.69, 9.17) is 23.3 Å². The van der Waals surface area contributed by atoms with Crippen LogP contribution in [0, 0.1) is 18.3 Å². The highest BCUT2D eigenvalue weighted by atomic mass is 16.5. The number of aromatic nitrogens is 2. The molecule has 0 unspecified atom stereocenters. The fraction of sp³-hybridized carbons (Fsp3) is 0.500. The molecule has 9 nitrogen and oxygen atoms in total. The second-order valence-corrected chi connectivity index (χ2v) is 12.0. The van der Waals surface area contributed by atoms with Gasteiger partial charge in [-0.3, -0.25) is 9.88 Å². The van der Waals surface area contributed by atoms with Crippen molar-refractivity contribution in [3.8, 4) is 6.07 Å². The summed E-state index contributed by atoms with van der Waals surface area (Å²) in [5.41, 5.74) is 11.3. The minimum absolute atomic E-state index is 0.0928. The molecule has 2 N–H and O–H groups in total. The molecular weight excluding hydrogens is 499 g/mol. The number of piperazine rings is 1. The summed E-state index contributed by atoms with van der Waals surface area (Å²) in [6.07, 6.45) is 2.22. The molecule has 0 aliphatic carbocycles. The fourth-order valence-corrected chi connectivity index (χ4v) is 6.41. The van der Waals surface area contributed by atoms with Gasteiger partial charge in [0.15, 0.2) is 0 Å². The Hall–Kier alpha value is -3.39. The number of nitrogens with two attached hydrogens (primary N) is 1. The summed E-state index contributed by atoms with van der Waals surface area (Å²) in [4.78, 5) is 18.8. The van der Waals surface area contributed by atoms with E-state index >= 15 is 0 Å². The van der Waals surface area contributed by atoms with E-state index in [0.717, 1.165) is 75.8 Å². The predicted octanol–water partition coefficient (Wildman–Crippen LogP) is 1.56. The number of nitriles is 1. The van der Waals surface area contributed by atoms with Gasteiger partial charge in [0.2, 0.25) is 0 Å². The number of hydrogen-bond donors (Lipinski definition) is 1. The number of ether oxygens (including phenoxy) is 1. The lowest BCUT2D eigenvalue weighted by Gasteiger charge is -2.46. The van der Waals surface area contributed by atoms with E-state index in [1.165, 1.54) is 11.3 Å². The van der Waals surface area contributed by atoms with Crippen LogP contribution in [-0.4, -0.2) is 99.4 Å². The Morgan fingerprint density at radius 2 is 1.85 bits per heavy atom. The molecule has 0 amide bonds. The first-order valence-corrected chi connectivity index (χ1v) is 14.2. The zero-order valence-electron chi connectivity index (χ0n) is 23.7. The van der Waals surface area contributed by atoms with Crippen molar-refractivity contribution in [2.24, 2.45) is 5.73 Å². The largest absolute Gasteiger partial charge is 0.370 e. The lowest BCUT2D eigenvalue weighted by molar-refractivity contribution is -0.0327. The summed E-state index contributed by atoms with van der Waals surface area (Å²) < 4.78 is 6.41. The monoisotopic (exact) mass is 536 g/mol. The van der Waals surface area contributed by atoms with Crippen LogP contribution in [0.1, 0.15) is 25.0 Å². The number of nitrogens with zero attached hydrogens (tertiary/aromatic N) is 7. The fourth-order valence-electron chi connectivity index (χ4n) is 6.41. The third-order valence-electron chi connectivity index (χ3n) is 8.31. The molecule has 3 aliphatic rings. The first kappa shape index (κ1) is 26.8. The van der Waals surface area contributed by atoms with Crippen molar-refractivity contribution in [1.82, 2.24) is 14.9 Å². The SMILES string of the molecule is [B]c1ccc2c(N3C[C@H](CN4CCN(c5cnc(N6CC(C)(N)C6)cc5C)CC4)O[C@H](C)C3)ccc(C#N)c2n1. The van der Waals surface area contributed by atoms with E-state index in [-0.39, 0.29) is 17.7 Å². The van der Waals surface area contributed by atoms with Crippen LogP contribution in [0.3, 0.4) is 0 Å². The summed E-state index contributed by atoms with van der Waals surface area (Å²) in [7, 11) is 5.94. The number of anilines is 3.